The quantitative estimate of drug-likeness (QED) is 0.920. The summed E-state index contributed by atoms with van der Waals surface area (Å²) in [7, 11) is 1.67. The molecule has 0 saturated carbocycles. The number of ether oxygens (including phenoxy) is 2. The molecule has 0 bridgehead atoms. The Morgan fingerprint density at radius 2 is 2.17 bits per heavy atom. The van der Waals surface area contributed by atoms with E-state index >= 15 is 0 Å². The zero-order chi connectivity index (χ0) is 13.0. The van der Waals surface area contributed by atoms with Gasteiger partial charge in [-0.25, -0.2) is 0 Å². The maximum absolute atomic E-state index is 5.93. The van der Waals surface area contributed by atoms with Crippen molar-refractivity contribution in [1.29, 1.82) is 0 Å². The molecule has 2 rings (SSSR count). The van der Waals surface area contributed by atoms with Gasteiger partial charge in [0.25, 0.3) is 0 Å². The predicted octanol–water partition coefficient (Wildman–Crippen LogP) is 1.79. The van der Waals surface area contributed by atoms with Crippen LogP contribution in [0.15, 0.2) is 22.7 Å². The second-order valence-electron chi connectivity index (χ2n) is 4.29. The van der Waals surface area contributed by atoms with Crippen LogP contribution in [0, 0.1) is 0 Å². The number of rotatable bonds is 4. The van der Waals surface area contributed by atoms with Crippen molar-refractivity contribution in [3.8, 4) is 5.75 Å². The fraction of sp³-hybridized carbons (Fsp3) is 0.538. The third-order valence-electron chi connectivity index (χ3n) is 3.27. The Balaban J connectivity index is 2.18. The summed E-state index contributed by atoms with van der Waals surface area (Å²) in [5.41, 5.74) is 7.14. The Hall–Kier alpha value is -0.620. The molecule has 0 aromatic heterocycles. The number of benzene rings is 1. The van der Waals surface area contributed by atoms with Gasteiger partial charge in [0.05, 0.1) is 24.8 Å². The van der Waals surface area contributed by atoms with E-state index < -0.39 is 0 Å². The standard InChI is InChI=1S/C13H19BrN2O2/c1-17-13-3-2-10(8-11(13)14)12(9-15)16-4-6-18-7-5-16/h2-3,8,12H,4-7,9,15H2,1H3. The van der Waals surface area contributed by atoms with E-state index in [1.165, 1.54) is 5.56 Å². The molecule has 2 N–H and O–H groups in total. The highest BCUT2D eigenvalue weighted by Gasteiger charge is 2.21. The third-order valence-corrected chi connectivity index (χ3v) is 3.89. The van der Waals surface area contributed by atoms with Crippen LogP contribution in [0.5, 0.6) is 5.75 Å². The summed E-state index contributed by atoms with van der Waals surface area (Å²) < 4.78 is 11.6. The molecule has 100 valence electrons. The molecule has 18 heavy (non-hydrogen) atoms. The van der Waals surface area contributed by atoms with Crippen LogP contribution in [0.1, 0.15) is 11.6 Å². The van der Waals surface area contributed by atoms with Crippen LogP contribution in [0.3, 0.4) is 0 Å². The first kappa shape index (κ1) is 13.8. The van der Waals surface area contributed by atoms with E-state index in [-0.39, 0.29) is 6.04 Å². The zero-order valence-electron chi connectivity index (χ0n) is 10.6. The molecule has 1 atom stereocenters. The van der Waals surface area contributed by atoms with Gasteiger partial charge in [0.15, 0.2) is 0 Å². The molecule has 1 aromatic rings. The minimum Gasteiger partial charge on any atom is -0.496 e. The number of nitrogens with two attached hydrogens (primary N) is 1. The normalized spacial score (nSPS) is 18.6. The van der Waals surface area contributed by atoms with Gasteiger partial charge in [-0.2, -0.15) is 0 Å². The van der Waals surface area contributed by atoms with Crippen LogP contribution < -0.4 is 10.5 Å². The molecule has 0 amide bonds. The van der Waals surface area contributed by atoms with E-state index in [0.29, 0.717) is 6.54 Å². The first-order valence-electron chi connectivity index (χ1n) is 6.11. The van der Waals surface area contributed by atoms with Crippen molar-refractivity contribution in [2.45, 2.75) is 6.04 Å². The molecule has 1 aliphatic rings. The molecule has 5 heteroatoms. The maximum atomic E-state index is 5.93. The van der Waals surface area contributed by atoms with Crippen LogP contribution in [0.25, 0.3) is 0 Å². The van der Waals surface area contributed by atoms with Crippen molar-refractivity contribution >= 4 is 15.9 Å². The molecule has 0 aliphatic carbocycles. The number of hydrogen-bond acceptors (Lipinski definition) is 4. The van der Waals surface area contributed by atoms with Gasteiger partial charge >= 0.3 is 0 Å². The molecule has 1 heterocycles. The lowest BCUT2D eigenvalue weighted by atomic mass is 10.0. The van der Waals surface area contributed by atoms with Crippen LogP contribution in [-0.4, -0.2) is 44.9 Å². The van der Waals surface area contributed by atoms with E-state index in [2.05, 4.69) is 33.0 Å². The number of morpholine rings is 1. The number of halogens is 1. The van der Waals surface area contributed by atoms with Gasteiger partial charge in [-0.1, -0.05) is 6.07 Å². The smallest absolute Gasteiger partial charge is 0.133 e. The second kappa shape index (κ2) is 6.52. The molecule has 1 aliphatic heterocycles. The average Bonchev–Trinajstić information content (AvgIpc) is 2.41. The highest BCUT2D eigenvalue weighted by Crippen LogP contribution is 2.30. The zero-order valence-corrected chi connectivity index (χ0v) is 12.1. The van der Waals surface area contributed by atoms with Crippen molar-refractivity contribution in [2.24, 2.45) is 5.73 Å². The summed E-state index contributed by atoms with van der Waals surface area (Å²) in [4.78, 5) is 2.37. The van der Waals surface area contributed by atoms with Crippen molar-refractivity contribution < 1.29 is 9.47 Å². The minimum absolute atomic E-state index is 0.246. The van der Waals surface area contributed by atoms with Gasteiger partial charge in [0, 0.05) is 25.7 Å². The topological polar surface area (TPSA) is 47.7 Å². The Morgan fingerprint density at radius 3 is 2.72 bits per heavy atom. The average molecular weight is 315 g/mol. The second-order valence-corrected chi connectivity index (χ2v) is 5.15. The van der Waals surface area contributed by atoms with Gasteiger partial charge < -0.3 is 15.2 Å². The summed E-state index contributed by atoms with van der Waals surface area (Å²) in [5.74, 6) is 0.844. The monoisotopic (exact) mass is 314 g/mol. The van der Waals surface area contributed by atoms with Gasteiger partial charge in [-0.05, 0) is 33.6 Å². The van der Waals surface area contributed by atoms with Crippen LogP contribution in [0.4, 0.5) is 0 Å². The van der Waals surface area contributed by atoms with E-state index in [0.717, 1.165) is 36.5 Å². The first-order valence-corrected chi connectivity index (χ1v) is 6.91. The van der Waals surface area contributed by atoms with Gasteiger partial charge in [-0.3, -0.25) is 4.90 Å². The third kappa shape index (κ3) is 3.03. The van der Waals surface area contributed by atoms with E-state index in [1.807, 2.05) is 6.07 Å². The van der Waals surface area contributed by atoms with Crippen LogP contribution >= 0.6 is 15.9 Å². The lowest BCUT2D eigenvalue weighted by Gasteiger charge is -2.34. The SMILES string of the molecule is COc1ccc(C(CN)N2CCOCC2)cc1Br. The highest BCUT2D eigenvalue weighted by molar-refractivity contribution is 9.10. The van der Waals surface area contributed by atoms with E-state index in [9.17, 15) is 0 Å². The van der Waals surface area contributed by atoms with E-state index in [4.69, 9.17) is 15.2 Å². The molecule has 1 unspecified atom stereocenters. The Labute approximate surface area is 116 Å². The summed E-state index contributed by atoms with van der Waals surface area (Å²) in [6.45, 7) is 4.05. The van der Waals surface area contributed by atoms with Crippen molar-refractivity contribution in [3.05, 3.63) is 28.2 Å². The van der Waals surface area contributed by atoms with Gasteiger partial charge in [-0.15, -0.1) is 0 Å². The summed E-state index contributed by atoms with van der Waals surface area (Å²) in [6, 6.07) is 6.39. The van der Waals surface area contributed by atoms with Gasteiger partial charge in [0.1, 0.15) is 5.75 Å². The van der Waals surface area contributed by atoms with Crippen LogP contribution in [0.2, 0.25) is 0 Å². The fourth-order valence-corrected chi connectivity index (χ4v) is 2.83. The summed E-state index contributed by atoms with van der Waals surface area (Å²) in [5, 5.41) is 0. The van der Waals surface area contributed by atoms with E-state index in [1.54, 1.807) is 7.11 Å². The molecule has 0 spiro atoms. The summed E-state index contributed by atoms with van der Waals surface area (Å²) in [6.07, 6.45) is 0. The molecule has 1 saturated heterocycles. The lowest BCUT2D eigenvalue weighted by molar-refractivity contribution is 0.0179. The highest BCUT2D eigenvalue weighted by atomic mass is 79.9. The maximum Gasteiger partial charge on any atom is 0.133 e. The van der Waals surface area contributed by atoms with Crippen molar-refractivity contribution in [1.82, 2.24) is 4.90 Å². The molecular formula is C13H19BrN2O2. The Bertz CT molecular complexity index is 395. The predicted molar refractivity (Wildman–Crippen MR) is 74.9 cm³/mol. The minimum atomic E-state index is 0.246. The molecular weight excluding hydrogens is 296 g/mol. The lowest BCUT2D eigenvalue weighted by Crippen LogP contribution is -2.41. The van der Waals surface area contributed by atoms with Crippen LogP contribution in [-0.2, 0) is 4.74 Å². The van der Waals surface area contributed by atoms with Crippen molar-refractivity contribution in [3.63, 3.8) is 0 Å². The molecule has 0 radical (unpaired) electrons. The first-order chi connectivity index (χ1) is 8.76. The largest absolute Gasteiger partial charge is 0.496 e. The Morgan fingerprint density at radius 1 is 1.44 bits per heavy atom. The molecule has 1 aromatic carbocycles. The number of nitrogens with zero attached hydrogens (tertiary/aromatic N) is 1. The summed E-state index contributed by atoms with van der Waals surface area (Å²) >= 11 is 3.52. The molecule has 1 fully saturated rings. The van der Waals surface area contributed by atoms with Gasteiger partial charge in [0.2, 0.25) is 0 Å². The van der Waals surface area contributed by atoms with Crippen molar-refractivity contribution in [2.75, 3.05) is 40.0 Å². The molecule has 4 nitrogen and oxygen atoms in total. The number of methoxy groups -OCH3 is 1. The Kier molecular flexibility index (Phi) is 5.00. The number of hydrogen-bond donors (Lipinski definition) is 1. The fourth-order valence-electron chi connectivity index (χ4n) is 2.28.